The molecule has 1 aromatic heterocycles. The first-order valence-electron chi connectivity index (χ1n) is 17.0. The first-order chi connectivity index (χ1) is 25.5. The van der Waals surface area contributed by atoms with Gasteiger partial charge in [0.1, 0.15) is 17.8 Å². The number of thioether (sulfide) groups is 1. The number of aliphatic hydroxyl groups excluding tert-OH is 1. The van der Waals surface area contributed by atoms with Crippen molar-refractivity contribution < 1.29 is 24.1 Å². The fourth-order valence-corrected chi connectivity index (χ4v) is 6.86. The van der Waals surface area contributed by atoms with Gasteiger partial charge in [0.25, 0.3) is 0 Å². The lowest BCUT2D eigenvalue weighted by molar-refractivity contribution is -0.245. The van der Waals surface area contributed by atoms with E-state index >= 15 is 0 Å². The normalized spacial score (nSPS) is 17.0. The number of hydrogen-bond acceptors (Lipinski definition) is 8. The number of para-hydroxylation sites is 1. The molecule has 1 aliphatic heterocycles. The van der Waals surface area contributed by atoms with Gasteiger partial charge in [-0.05, 0) is 64.2 Å². The van der Waals surface area contributed by atoms with Gasteiger partial charge in [-0.15, -0.1) is 10.2 Å². The fraction of sp³-hybridized carbons (Fsp3) is 0.195. The van der Waals surface area contributed by atoms with Gasteiger partial charge in [-0.3, -0.25) is 0 Å². The number of hydrogen-bond donors (Lipinski definition) is 3. The summed E-state index contributed by atoms with van der Waals surface area (Å²) in [6, 6.07) is 40.6. The number of amides is 2. The van der Waals surface area contributed by atoms with Crippen molar-refractivity contribution in [2.24, 2.45) is 7.05 Å². The van der Waals surface area contributed by atoms with Crippen LogP contribution in [-0.4, -0.2) is 37.8 Å². The van der Waals surface area contributed by atoms with Gasteiger partial charge >= 0.3 is 6.03 Å². The van der Waals surface area contributed by atoms with Crippen LogP contribution in [0.4, 0.5) is 10.5 Å². The Morgan fingerprint density at radius 3 is 2.31 bits per heavy atom. The van der Waals surface area contributed by atoms with E-state index in [1.807, 2.05) is 109 Å². The van der Waals surface area contributed by atoms with E-state index in [0.717, 1.165) is 44.3 Å². The van der Waals surface area contributed by atoms with E-state index in [0.29, 0.717) is 30.2 Å². The summed E-state index contributed by atoms with van der Waals surface area (Å²) < 4.78 is 20.8. The van der Waals surface area contributed by atoms with Crippen molar-refractivity contribution in [3.63, 3.8) is 0 Å². The van der Waals surface area contributed by atoms with Crippen molar-refractivity contribution in [2.75, 3.05) is 11.1 Å². The molecule has 0 spiro atoms. The van der Waals surface area contributed by atoms with Crippen LogP contribution < -0.4 is 15.4 Å². The Bertz CT molecular complexity index is 2060. The van der Waals surface area contributed by atoms with Crippen molar-refractivity contribution in [2.45, 2.75) is 43.2 Å². The molecule has 3 atom stereocenters. The lowest BCUT2D eigenvalue weighted by atomic mass is 9.98. The molecule has 1 fully saturated rings. The van der Waals surface area contributed by atoms with Gasteiger partial charge in [-0.2, -0.15) is 0 Å². The van der Waals surface area contributed by atoms with Crippen molar-refractivity contribution in [1.29, 1.82) is 0 Å². The minimum absolute atomic E-state index is 0.00622. The minimum Gasteiger partial charge on any atom is -0.457 e. The Kier molecular flexibility index (Phi) is 11.2. The van der Waals surface area contributed by atoms with Gasteiger partial charge in [-0.1, -0.05) is 103 Å². The van der Waals surface area contributed by atoms with Crippen LogP contribution in [0, 0.1) is 0 Å². The highest BCUT2D eigenvalue weighted by Gasteiger charge is 2.32. The first-order valence-corrected chi connectivity index (χ1v) is 18.0. The average Bonchev–Trinajstić information content (AvgIpc) is 3.61. The summed E-state index contributed by atoms with van der Waals surface area (Å²) in [5.41, 5.74) is 6.47. The van der Waals surface area contributed by atoms with Crippen molar-refractivity contribution in [3.05, 3.63) is 156 Å². The lowest BCUT2D eigenvalue weighted by Crippen LogP contribution is -2.31. The lowest BCUT2D eigenvalue weighted by Gasteiger charge is -2.36. The molecular formula is C41H39N5O5S. The molecule has 2 amide bonds. The van der Waals surface area contributed by atoms with Crippen LogP contribution in [0.1, 0.15) is 41.1 Å². The third-order valence-corrected chi connectivity index (χ3v) is 9.89. The summed E-state index contributed by atoms with van der Waals surface area (Å²) in [7, 11) is 1.93. The minimum atomic E-state index is -0.574. The number of aryl methyl sites for hydroxylation is 1. The van der Waals surface area contributed by atoms with Crippen LogP contribution in [-0.2, 0) is 29.7 Å². The third kappa shape index (κ3) is 8.87. The van der Waals surface area contributed by atoms with Crippen molar-refractivity contribution in [1.82, 2.24) is 20.1 Å². The molecule has 11 heteroatoms. The number of ether oxygens (including phenoxy) is 3. The van der Waals surface area contributed by atoms with Crippen LogP contribution in [0.5, 0.6) is 11.5 Å². The molecule has 0 bridgehead atoms. The number of nitrogens with zero attached hydrogens (tertiary/aromatic N) is 3. The molecule has 1 saturated heterocycles. The summed E-state index contributed by atoms with van der Waals surface area (Å²) in [6.45, 7) is 0.336. The molecule has 5 aromatic carbocycles. The predicted octanol–water partition coefficient (Wildman–Crippen LogP) is 8.43. The van der Waals surface area contributed by atoms with Crippen LogP contribution >= 0.6 is 11.8 Å². The maximum absolute atomic E-state index is 12.8. The SMILES string of the molecule is Cn1cnnc1SCC1CC(c2ccc(CO)cc2)OC(c2ccc(-c3ccccc3CNC(=O)Nc3ccc(Oc4ccccc4)cc3)cc2)O1. The van der Waals surface area contributed by atoms with Gasteiger partial charge in [0.05, 0.1) is 18.8 Å². The molecule has 264 valence electrons. The molecule has 1 aliphatic rings. The Morgan fingerprint density at radius 2 is 1.58 bits per heavy atom. The molecular weight excluding hydrogens is 675 g/mol. The van der Waals surface area contributed by atoms with Crippen LogP contribution in [0.3, 0.4) is 0 Å². The second-order valence-corrected chi connectivity index (χ2v) is 13.4. The smallest absolute Gasteiger partial charge is 0.319 e. The number of aliphatic hydroxyl groups is 1. The Labute approximate surface area is 306 Å². The Morgan fingerprint density at radius 1 is 0.865 bits per heavy atom. The summed E-state index contributed by atoms with van der Waals surface area (Å²) in [6.07, 6.45) is 1.51. The highest BCUT2D eigenvalue weighted by Crippen LogP contribution is 2.40. The van der Waals surface area contributed by atoms with E-state index in [1.54, 1.807) is 30.2 Å². The quantitative estimate of drug-likeness (QED) is 0.108. The fourth-order valence-electron chi connectivity index (χ4n) is 5.95. The van der Waals surface area contributed by atoms with Crippen molar-refractivity contribution >= 4 is 23.5 Å². The second-order valence-electron chi connectivity index (χ2n) is 12.4. The number of nitrogens with one attached hydrogen (secondary N) is 2. The largest absolute Gasteiger partial charge is 0.457 e. The Balaban J connectivity index is 0.999. The highest BCUT2D eigenvalue weighted by molar-refractivity contribution is 7.99. The van der Waals surface area contributed by atoms with E-state index in [2.05, 4.69) is 39.0 Å². The van der Waals surface area contributed by atoms with Gasteiger partial charge in [0, 0.05) is 37.0 Å². The number of carbonyl (C=O) groups excluding carboxylic acids is 1. The van der Waals surface area contributed by atoms with Gasteiger partial charge < -0.3 is 34.5 Å². The molecule has 0 aliphatic carbocycles. The van der Waals surface area contributed by atoms with Gasteiger partial charge in [0.15, 0.2) is 11.4 Å². The zero-order valence-corrected chi connectivity index (χ0v) is 29.4. The number of anilines is 1. The summed E-state index contributed by atoms with van der Waals surface area (Å²) in [4.78, 5) is 12.8. The second kappa shape index (κ2) is 16.7. The summed E-state index contributed by atoms with van der Waals surface area (Å²) in [5.74, 6) is 2.13. The highest BCUT2D eigenvalue weighted by atomic mass is 32.2. The van der Waals surface area contributed by atoms with E-state index < -0.39 is 6.29 Å². The molecule has 7 rings (SSSR count). The number of rotatable bonds is 12. The van der Waals surface area contributed by atoms with Gasteiger partial charge in [0.2, 0.25) is 0 Å². The van der Waals surface area contributed by atoms with Gasteiger partial charge in [-0.25, -0.2) is 4.79 Å². The summed E-state index contributed by atoms with van der Waals surface area (Å²) >= 11 is 1.61. The standard InChI is InChI=1S/C41H39N5O5S/c1-46-27-43-45-41(46)52-26-36-23-38(30-13-11-28(25-47)12-14-30)51-39(50-36)31-17-15-29(16-18-31)37-10-6-5-7-32(37)24-42-40(48)44-33-19-21-35(22-20-33)49-34-8-3-2-4-9-34/h2-22,27,36,38-39,47H,23-26H2,1H3,(H2,42,44,48). The molecule has 10 nitrogen and oxygen atoms in total. The molecule has 0 radical (unpaired) electrons. The average molecular weight is 714 g/mol. The maximum atomic E-state index is 12.8. The van der Waals surface area contributed by atoms with E-state index in [-0.39, 0.29) is 24.8 Å². The summed E-state index contributed by atoms with van der Waals surface area (Å²) in [5, 5.41) is 24.5. The molecule has 52 heavy (non-hydrogen) atoms. The maximum Gasteiger partial charge on any atom is 0.319 e. The van der Waals surface area contributed by atoms with E-state index in [9.17, 15) is 9.90 Å². The van der Waals surface area contributed by atoms with Crippen molar-refractivity contribution in [3.8, 4) is 22.6 Å². The van der Waals surface area contributed by atoms with E-state index in [1.165, 1.54) is 0 Å². The van der Waals surface area contributed by atoms with Crippen LogP contribution in [0.25, 0.3) is 11.1 Å². The zero-order valence-electron chi connectivity index (χ0n) is 28.6. The number of aromatic nitrogens is 3. The topological polar surface area (TPSA) is 120 Å². The molecule has 0 saturated carbocycles. The molecule has 6 aromatic rings. The van der Waals surface area contributed by atoms with Crippen LogP contribution in [0.2, 0.25) is 0 Å². The zero-order chi connectivity index (χ0) is 35.7. The van der Waals surface area contributed by atoms with Crippen LogP contribution in [0.15, 0.2) is 139 Å². The first kappa shape index (κ1) is 35.0. The predicted molar refractivity (Wildman–Crippen MR) is 201 cm³/mol. The third-order valence-electron chi connectivity index (χ3n) is 8.72. The Hall–Kier alpha value is -5.46. The number of carbonyl (C=O) groups is 1. The van der Waals surface area contributed by atoms with E-state index in [4.69, 9.17) is 14.2 Å². The number of benzene rings is 5. The molecule has 3 N–H and O–H groups in total. The molecule has 3 unspecified atom stereocenters. The number of urea groups is 1. The monoisotopic (exact) mass is 713 g/mol. The molecule has 2 heterocycles.